The van der Waals surface area contributed by atoms with Gasteiger partial charge in [-0.25, -0.2) is 13.2 Å². The van der Waals surface area contributed by atoms with E-state index in [1.165, 1.54) is 35.6 Å². The standard InChI is InChI=1S/C23H31N3O5S/c1-5-31-23(28)25-19(15-17(2)3)16-24-22(27)18-11-13-21(14-12-18)32(29,30)26(4)20-9-7-6-8-10-20/h6-14,17,19H,5,15-16H2,1-4H3,(H,24,27)(H,25,28). The summed E-state index contributed by atoms with van der Waals surface area (Å²) >= 11 is 0. The lowest BCUT2D eigenvalue weighted by molar-refractivity contribution is 0.0944. The zero-order valence-corrected chi connectivity index (χ0v) is 19.7. The molecule has 0 aliphatic carbocycles. The summed E-state index contributed by atoms with van der Waals surface area (Å²) < 4.78 is 31.8. The van der Waals surface area contributed by atoms with E-state index in [2.05, 4.69) is 10.6 Å². The molecule has 0 fully saturated rings. The summed E-state index contributed by atoms with van der Waals surface area (Å²) in [6.07, 6.45) is 0.145. The van der Waals surface area contributed by atoms with E-state index in [0.29, 0.717) is 23.6 Å². The normalized spacial score (nSPS) is 12.2. The van der Waals surface area contributed by atoms with E-state index in [9.17, 15) is 18.0 Å². The smallest absolute Gasteiger partial charge is 0.407 e. The highest BCUT2D eigenvalue weighted by molar-refractivity contribution is 7.92. The zero-order valence-electron chi connectivity index (χ0n) is 18.9. The van der Waals surface area contributed by atoms with Gasteiger partial charge in [-0.2, -0.15) is 0 Å². The molecule has 174 valence electrons. The number of nitrogens with one attached hydrogen (secondary N) is 2. The quantitative estimate of drug-likeness (QED) is 0.564. The van der Waals surface area contributed by atoms with E-state index in [1.807, 2.05) is 19.9 Å². The first kappa shape index (κ1) is 25.2. The van der Waals surface area contributed by atoms with Gasteiger partial charge in [0.05, 0.1) is 17.2 Å². The molecule has 0 aromatic heterocycles. The molecule has 2 aromatic rings. The number of para-hydroxylation sites is 1. The number of alkyl carbamates (subject to hydrolysis) is 1. The third-order valence-electron chi connectivity index (χ3n) is 4.76. The molecule has 0 heterocycles. The van der Waals surface area contributed by atoms with Crippen LogP contribution in [0.2, 0.25) is 0 Å². The van der Waals surface area contributed by atoms with Gasteiger partial charge in [-0.05, 0) is 55.7 Å². The van der Waals surface area contributed by atoms with Crippen LogP contribution in [-0.2, 0) is 14.8 Å². The fourth-order valence-electron chi connectivity index (χ4n) is 3.13. The first-order chi connectivity index (χ1) is 15.1. The summed E-state index contributed by atoms with van der Waals surface area (Å²) in [6, 6.07) is 14.2. The van der Waals surface area contributed by atoms with Crippen molar-refractivity contribution in [2.24, 2.45) is 5.92 Å². The molecule has 2 N–H and O–H groups in total. The Balaban J connectivity index is 2.05. The highest BCUT2D eigenvalue weighted by Crippen LogP contribution is 2.21. The number of ether oxygens (including phenoxy) is 1. The van der Waals surface area contributed by atoms with Crippen molar-refractivity contribution >= 4 is 27.7 Å². The van der Waals surface area contributed by atoms with Crippen molar-refractivity contribution < 1.29 is 22.7 Å². The summed E-state index contributed by atoms with van der Waals surface area (Å²) in [4.78, 5) is 24.4. The van der Waals surface area contributed by atoms with Gasteiger partial charge >= 0.3 is 6.09 Å². The van der Waals surface area contributed by atoms with Gasteiger partial charge in [0.25, 0.3) is 15.9 Å². The Morgan fingerprint density at radius 1 is 1.03 bits per heavy atom. The average Bonchev–Trinajstić information content (AvgIpc) is 2.77. The van der Waals surface area contributed by atoms with E-state index in [-0.39, 0.29) is 30.0 Å². The number of hydrogen-bond acceptors (Lipinski definition) is 5. The largest absolute Gasteiger partial charge is 0.450 e. The SMILES string of the molecule is CCOC(=O)NC(CNC(=O)c1ccc(S(=O)(=O)N(C)c2ccccc2)cc1)CC(C)C. The predicted molar refractivity (Wildman–Crippen MR) is 124 cm³/mol. The molecule has 0 aliphatic heterocycles. The summed E-state index contributed by atoms with van der Waals surface area (Å²) in [5.74, 6) is -0.0466. The van der Waals surface area contributed by atoms with Gasteiger partial charge in [0.15, 0.2) is 0 Å². The van der Waals surface area contributed by atoms with Gasteiger partial charge in [0.1, 0.15) is 0 Å². The molecule has 2 amide bonds. The third kappa shape index (κ3) is 6.98. The first-order valence-corrected chi connectivity index (χ1v) is 11.9. The lowest BCUT2D eigenvalue weighted by Gasteiger charge is -2.21. The van der Waals surface area contributed by atoms with E-state index in [1.54, 1.807) is 31.2 Å². The van der Waals surface area contributed by atoms with Crippen LogP contribution in [0.3, 0.4) is 0 Å². The zero-order chi connectivity index (χ0) is 23.7. The molecule has 32 heavy (non-hydrogen) atoms. The van der Waals surface area contributed by atoms with Crippen LogP contribution in [0.25, 0.3) is 0 Å². The van der Waals surface area contributed by atoms with Gasteiger partial charge < -0.3 is 15.4 Å². The van der Waals surface area contributed by atoms with Crippen LogP contribution in [0, 0.1) is 5.92 Å². The number of rotatable bonds is 10. The van der Waals surface area contributed by atoms with Crippen molar-refractivity contribution in [3.8, 4) is 0 Å². The maximum Gasteiger partial charge on any atom is 0.407 e. The van der Waals surface area contributed by atoms with E-state index in [4.69, 9.17) is 4.74 Å². The molecule has 0 saturated carbocycles. The molecular weight excluding hydrogens is 430 g/mol. The Morgan fingerprint density at radius 3 is 2.22 bits per heavy atom. The highest BCUT2D eigenvalue weighted by Gasteiger charge is 2.22. The Morgan fingerprint density at radius 2 is 1.66 bits per heavy atom. The Labute approximate surface area is 190 Å². The predicted octanol–water partition coefficient (Wildman–Crippen LogP) is 3.40. The molecule has 0 aliphatic rings. The van der Waals surface area contributed by atoms with Crippen molar-refractivity contribution in [2.75, 3.05) is 24.5 Å². The van der Waals surface area contributed by atoms with Gasteiger partial charge in [0.2, 0.25) is 0 Å². The van der Waals surface area contributed by atoms with Crippen molar-refractivity contribution in [2.45, 2.75) is 38.1 Å². The molecule has 0 spiro atoms. The number of sulfonamides is 1. The molecule has 2 aromatic carbocycles. The van der Waals surface area contributed by atoms with Crippen molar-refractivity contribution in [3.05, 3.63) is 60.2 Å². The second-order valence-electron chi connectivity index (χ2n) is 7.73. The minimum absolute atomic E-state index is 0.0852. The van der Waals surface area contributed by atoms with Crippen LogP contribution in [0.4, 0.5) is 10.5 Å². The molecule has 8 nitrogen and oxygen atoms in total. The fourth-order valence-corrected chi connectivity index (χ4v) is 4.33. The summed E-state index contributed by atoms with van der Waals surface area (Å²) in [7, 11) is -2.27. The van der Waals surface area contributed by atoms with E-state index in [0.717, 1.165) is 0 Å². The van der Waals surface area contributed by atoms with Crippen molar-refractivity contribution in [1.82, 2.24) is 10.6 Å². The maximum atomic E-state index is 12.9. The number of benzene rings is 2. The lowest BCUT2D eigenvalue weighted by atomic mass is 10.0. The number of carbonyl (C=O) groups excluding carboxylic acids is 2. The van der Waals surface area contributed by atoms with E-state index < -0.39 is 16.1 Å². The van der Waals surface area contributed by atoms with Gasteiger partial charge in [0, 0.05) is 25.2 Å². The Kier molecular flexibility index (Phi) is 9.07. The molecule has 1 unspecified atom stereocenters. The summed E-state index contributed by atoms with van der Waals surface area (Å²) in [6.45, 7) is 6.26. The molecule has 0 saturated heterocycles. The first-order valence-electron chi connectivity index (χ1n) is 10.5. The van der Waals surface area contributed by atoms with Crippen LogP contribution in [0.1, 0.15) is 37.6 Å². The average molecular weight is 462 g/mol. The monoisotopic (exact) mass is 461 g/mol. The van der Waals surface area contributed by atoms with Crippen LogP contribution >= 0.6 is 0 Å². The Hall–Kier alpha value is -3.07. The molecular formula is C23H31N3O5S. The molecule has 9 heteroatoms. The second-order valence-corrected chi connectivity index (χ2v) is 9.70. The van der Waals surface area contributed by atoms with Crippen LogP contribution < -0.4 is 14.9 Å². The Bertz CT molecular complexity index is 992. The second kappa shape index (κ2) is 11.5. The summed E-state index contributed by atoms with van der Waals surface area (Å²) in [5, 5.41) is 5.54. The third-order valence-corrected chi connectivity index (χ3v) is 6.56. The fraction of sp³-hybridized carbons (Fsp3) is 0.391. The number of amides is 2. The molecule has 2 rings (SSSR count). The number of anilines is 1. The number of nitrogens with zero attached hydrogens (tertiary/aromatic N) is 1. The van der Waals surface area contributed by atoms with Crippen LogP contribution in [0.15, 0.2) is 59.5 Å². The maximum absolute atomic E-state index is 12.9. The van der Waals surface area contributed by atoms with Gasteiger partial charge in [-0.3, -0.25) is 9.10 Å². The van der Waals surface area contributed by atoms with Crippen molar-refractivity contribution in [3.63, 3.8) is 0 Å². The number of hydrogen-bond donors (Lipinski definition) is 2. The molecule has 0 radical (unpaired) electrons. The van der Waals surface area contributed by atoms with Crippen LogP contribution in [0.5, 0.6) is 0 Å². The molecule has 0 bridgehead atoms. The number of carbonyl (C=O) groups is 2. The topological polar surface area (TPSA) is 105 Å². The highest BCUT2D eigenvalue weighted by atomic mass is 32.2. The minimum atomic E-state index is -3.75. The lowest BCUT2D eigenvalue weighted by Crippen LogP contribution is -2.44. The minimum Gasteiger partial charge on any atom is -0.450 e. The van der Waals surface area contributed by atoms with Gasteiger partial charge in [-0.15, -0.1) is 0 Å². The molecule has 1 atom stereocenters. The van der Waals surface area contributed by atoms with Gasteiger partial charge in [-0.1, -0.05) is 32.0 Å². The van der Waals surface area contributed by atoms with Crippen LogP contribution in [-0.4, -0.2) is 46.7 Å². The van der Waals surface area contributed by atoms with E-state index >= 15 is 0 Å². The summed E-state index contributed by atoms with van der Waals surface area (Å²) in [5.41, 5.74) is 0.866. The van der Waals surface area contributed by atoms with Crippen molar-refractivity contribution in [1.29, 1.82) is 0 Å².